The fraction of sp³-hybridized carbons (Fsp3) is 0.825. The summed E-state index contributed by atoms with van der Waals surface area (Å²) in [5, 5.41) is 33.0. The summed E-state index contributed by atoms with van der Waals surface area (Å²) >= 11 is 0. The number of nitrogens with one attached hydrogen (secondary N) is 1. The molecule has 0 heterocycles. The lowest BCUT2D eigenvalue weighted by atomic mass is 10.0. The smallest absolute Gasteiger partial charge is 0.249 e. The first-order valence-electron chi connectivity index (χ1n) is 19.3. The minimum Gasteiger partial charge on any atom is -0.394 e. The molecule has 4 N–H and O–H groups in total. The summed E-state index contributed by atoms with van der Waals surface area (Å²) in [7, 11) is 0. The van der Waals surface area contributed by atoms with E-state index in [1.165, 1.54) is 122 Å². The zero-order valence-corrected chi connectivity index (χ0v) is 29.7. The van der Waals surface area contributed by atoms with Crippen molar-refractivity contribution in [3.8, 4) is 0 Å². The monoisotopic (exact) mass is 634 g/mol. The highest BCUT2D eigenvalue weighted by atomic mass is 16.3. The van der Waals surface area contributed by atoms with Gasteiger partial charge >= 0.3 is 0 Å². The fourth-order valence-electron chi connectivity index (χ4n) is 5.63. The number of allylic oxidation sites excluding steroid dienone is 5. The van der Waals surface area contributed by atoms with Gasteiger partial charge in [0.1, 0.15) is 6.10 Å². The minimum atomic E-state index is -1.10. The normalized spacial score (nSPS) is 14.2. The molecule has 0 aromatic heterocycles. The quantitative estimate of drug-likeness (QED) is 0.0419. The molecule has 3 unspecified atom stereocenters. The van der Waals surface area contributed by atoms with Crippen molar-refractivity contribution in [3.63, 3.8) is 0 Å². The maximum atomic E-state index is 12.4. The number of unbranched alkanes of at least 4 members (excludes halogenated alkanes) is 22. The van der Waals surface area contributed by atoms with Crippen molar-refractivity contribution in [3.05, 3.63) is 36.5 Å². The van der Waals surface area contributed by atoms with Gasteiger partial charge in [-0.25, -0.2) is 0 Å². The Kier molecular flexibility index (Phi) is 34.3. The summed E-state index contributed by atoms with van der Waals surface area (Å²) in [5.41, 5.74) is 0. The van der Waals surface area contributed by atoms with Gasteiger partial charge in [-0.3, -0.25) is 4.79 Å². The van der Waals surface area contributed by atoms with E-state index in [0.29, 0.717) is 6.42 Å². The number of aliphatic hydroxyl groups excluding tert-OH is 3. The van der Waals surface area contributed by atoms with Crippen LogP contribution in [0.15, 0.2) is 36.5 Å². The number of hydrogen-bond donors (Lipinski definition) is 4. The first-order chi connectivity index (χ1) is 22.1. The van der Waals surface area contributed by atoms with E-state index in [1.54, 1.807) is 6.08 Å². The Morgan fingerprint density at radius 3 is 1.36 bits per heavy atom. The largest absolute Gasteiger partial charge is 0.394 e. The van der Waals surface area contributed by atoms with Crippen molar-refractivity contribution in [2.75, 3.05) is 6.61 Å². The molecule has 0 rings (SSSR count). The Morgan fingerprint density at radius 2 is 0.911 bits per heavy atom. The molecule has 45 heavy (non-hydrogen) atoms. The zero-order chi connectivity index (χ0) is 33.1. The highest BCUT2D eigenvalue weighted by Gasteiger charge is 2.22. The van der Waals surface area contributed by atoms with E-state index >= 15 is 0 Å². The van der Waals surface area contributed by atoms with Crippen LogP contribution in [0.4, 0.5) is 0 Å². The predicted octanol–water partition coefficient (Wildman–Crippen LogP) is 10.4. The van der Waals surface area contributed by atoms with Crippen LogP contribution in [0.5, 0.6) is 0 Å². The van der Waals surface area contributed by atoms with E-state index in [2.05, 4.69) is 43.5 Å². The van der Waals surface area contributed by atoms with Crippen LogP contribution in [0.2, 0.25) is 0 Å². The van der Waals surface area contributed by atoms with Crippen LogP contribution in [0.25, 0.3) is 0 Å². The maximum Gasteiger partial charge on any atom is 0.249 e. The van der Waals surface area contributed by atoms with Gasteiger partial charge < -0.3 is 20.6 Å². The van der Waals surface area contributed by atoms with Gasteiger partial charge in [0.15, 0.2) is 0 Å². The van der Waals surface area contributed by atoms with E-state index in [1.807, 2.05) is 6.08 Å². The van der Waals surface area contributed by atoms with Crippen LogP contribution < -0.4 is 5.32 Å². The van der Waals surface area contributed by atoms with Gasteiger partial charge in [-0.1, -0.05) is 179 Å². The highest BCUT2D eigenvalue weighted by molar-refractivity contribution is 5.80. The van der Waals surface area contributed by atoms with Crippen LogP contribution in [-0.2, 0) is 4.79 Å². The third-order valence-electron chi connectivity index (χ3n) is 8.71. The molecule has 0 aliphatic heterocycles. The maximum absolute atomic E-state index is 12.4. The Bertz CT molecular complexity index is 704. The van der Waals surface area contributed by atoms with Crippen LogP contribution >= 0.6 is 0 Å². The van der Waals surface area contributed by atoms with E-state index < -0.39 is 24.2 Å². The Morgan fingerprint density at radius 1 is 0.533 bits per heavy atom. The molecular formula is C40H75NO4. The van der Waals surface area contributed by atoms with Gasteiger partial charge in [0.2, 0.25) is 5.91 Å². The van der Waals surface area contributed by atoms with E-state index in [9.17, 15) is 20.1 Å². The lowest BCUT2D eigenvalue weighted by Gasteiger charge is -2.21. The topological polar surface area (TPSA) is 89.8 Å². The van der Waals surface area contributed by atoms with Gasteiger partial charge in [-0.2, -0.15) is 0 Å². The molecule has 3 atom stereocenters. The van der Waals surface area contributed by atoms with Crippen molar-refractivity contribution >= 4 is 5.91 Å². The van der Waals surface area contributed by atoms with Crippen molar-refractivity contribution in [1.29, 1.82) is 0 Å². The minimum absolute atomic E-state index is 0.380. The Labute approximate surface area is 279 Å². The van der Waals surface area contributed by atoms with E-state index in [-0.39, 0.29) is 6.61 Å². The molecule has 0 saturated carbocycles. The summed E-state index contributed by atoms with van der Waals surface area (Å²) in [5.74, 6) is -0.518. The standard InChI is InChI=1S/C40H75NO4/c1-3-5-7-9-11-13-15-17-19-21-22-24-26-28-30-32-34-38(43)37(36-42)41-40(45)39(44)35-33-31-29-27-25-23-20-18-16-14-12-10-8-6-4-2/h17,19,24,26,32,34,37-39,42-44H,3-16,18,20-23,25,27-31,33,35-36H2,1-2H3,(H,41,45)/b19-17+,26-24+,34-32+. The molecule has 1 amide bonds. The summed E-state index contributed by atoms with van der Waals surface area (Å²) in [6.07, 6.45) is 43.0. The van der Waals surface area contributed by atoms with Gasteiger partial charge in [-0.15, -0.1) is 0 Å². The van der Waals surface area contributed by atoms with E-state index in [0.717, 1.165) is 44.9 Å². The van der Waals surface area contributed by atoms with Crippen molar-refractivity contribution in [1.82, 2.24) is 5.32 Å². The third kappa shape index (κ3) is 31.0. The molecule has 0 aliphatic carbocycles. The number of carbonyl (C=O) groups excluding carboxylic acids is 1. The fourth-order valence-corrected chi connectivity index (χ4v) is 5.63. The number of rotatable bonds is 34. The molecule has 0 aliphatic rings. The Hall–Kier alpha value is -1.43. The van der Waals surface area contributed by atoms with Crippen LogP contribution in [-0.4, -0.2) is 46.1 Å². The van der Waals surface area contributed by atoms with Gasteiger partial charge in [0.25, 0.3) is 0 Å². The second-order valence-electron chi connectivity index (χ2n) is 13.1. The summed E-state index contributed by atoms with van der Waals surface area (Å²) in [6.45, 7) is 4.14. The summed E-state index contributed by atoms with van der Waals surface area (Å²) in [4.78, 5) is 12.4. The molecule has 0 saturated heterocycles. The first kappa shape index (κ1) is 43.6. The second kappa shape index (κ2) is 35.4. The summed E-state index contributed by atoms with van der Waals surface area (Å²) < 4.78 is 0. The average Bonchev–Trinajstić information content (AvgIpc) is 3.04. The third-order valence-corrected chi connectivity index (χ3v) is 8.71. The molecule has 0 aromatic carbocycles. The molecule has 5 nitrogen and oxygen atoms in total. The van der Waals surface area contributed by atoms with Crippen LogP contribution in [0, 0.1) is 0 Å². The van der Waals surface area contributed by atoms with Crippen LogP contribution in [0.1, 0.15) is 187 Å². The van der Waals surface area contributed by atoms with Gasteiger partial charge in [-0.05, 0) is 44.9 Å². The van der Waals surface area contributed by atoms with E-state index in [4.69, 9.17) is 0 Å². The molecule has 0 spiro atoms. The Balaban J connectivity index is 3.80. The molecule has 0 radical (unpaired) electrons. The lowest BCUT2D eigenvalue weighted by Crippen LogP contribution is -2.48. The first-order valence-corrected chi connectivity index (χ1v) is 19.3. The van der Waals surface area contributed by atoms with Crippen molar-refractivity contribution < 1.29 is 20.1 Å². The highest BCUT2D eigenvalue weighted by Crippen LogP contribution is 2.14. The number of hydrogen-bond acceptors (Lipinski definition) is 4. The van der Waals surface area contributed by atoms with Crippen LogP contribution in [0.3, 0.4) is 0 Å². The average molecular weight is 634 g/mol. The van der Waals surface area contributed by atoms with Gasteiger partial charge in [0, 0.05) is 0 Å². The molecule has 5 heteroatoms. The summed E-state index contributed by atoms with van der Waals surface area (Å²) in [6, 6.07) is -0.817. The second-order valence-corrected chi connectivity index (χ2v) is 13.1. The number of aliphatic hydroxyl groups is 3. The SMILES string of the molecule is CCCCCCCC/C=C/CC/C=C/CC/C=C/C(O)C(CO)NC(=O)C(O)CCCCCCCCCCCCCCCCC. The molecular weight excluding hydrogens is 558 g/mol. The number of amides is 1. The lowest BCUT2D eigenvalue weighted by molar-refractivity contribution is -0.131. The number of carbonyl (C=O) groups is 1. The molecule has 0 bridgehead atoms. The predicted molar refractivity (Wildman–Crippen MR) is 194 cm³/mol. The van der Waals surface area contributed by atoms with Crippen molar-refractivity contribution in [2.24, 2.45) is 0 Å². The van der Waals surface area contributed by atoms with Gasteiger partial charge in [0.05, 0.1) is 18.8 Å². The van der Waals surface area contributed by atoms with Crippen molar-refractivity contribution in [2.45, 2.75) is 205 Å². The molecule has 0 fully saturated rings. The molecule has 0 aromatic rings. The zero-order valence-electron chi connectivity index (χ0n) is 29.7. The molecule has 264 valence electrons.